The summed E-state index contributed by atoms with van der Waals surface area (Å²) in [6.45, 7) is 0.610. The molecule has 0 aliphatic heterocycles. The first-order valence-corrected chi connectivity index (χ1v) is 6.67. The van der Waals surface area contributed by atoms with Crippen LogP contribution in [-0.2, 0) is 11.3 Å². The molecule has 0 spiro atoms. The minimum absolute atomic E-state index is 0.315. The molecule has 110 valence electrons. The van der Waals surface area contributed by atoms with Crippen LogP contribution in [0.3, 0.4) is 0 Å². The zero-order valence-corrected chi connectivity index (χ0v) is 12.5. The van der Waals surface area contributed by atoms with Crippen LogP contribution in [0.15, 0.2) is 48.5 Å². The molecule has 2 rings (SSSR count). The lowest BCUT2D eigenvalue weighted by Gasteiger charge is -2.21. The van der Waals surface area contributed by atoms with Crippen molar-refractivity contribution in [3.05, 3.63) is 59.7 Å². The third-order valence-corrected chi connectivity index (χ3v) is 3.32. The number of nitrogens with zero attached hydrogens (tertiary/aromatic N) is 1. The second kappa shape index (κ2) is 6.79. The van der Waals surface area contributed by atoms with Gasteiger partial charge in [-0.25, -0.2) is 4.79 Å². The highest BCUT2D eigenvalue weighted by atomic mass is 16.5. The van der Waals surface area contributed by atoms with Gasteiger partial charge in [-0.15, -0.1) is 0 Å². The highest BCUT2D eigenvalue weighted by Gasteiger charge is 2.13. The molecule has 0 atom stereocenters. The molecule has 21 heavy (non-hydrogen) atoms. The van der Waals surface area contributed by atoms with Crippen LogP contribution < -0.4 is 9.64 Å². The fourth-order valence-electron chi connectivity index (χ4n) is 2.16. The molecule has 2 aromatic carbocycles. The van der Waals surface area contributed by atoms with E-state index in [1.807, 2.05) is 49.5 Å². The Labute approximate surface area is 124 Å². The van der Waals surface area contributed by atoms with Crippen molar-refractivity contribution in [2.45, 2.75) is 6.54 Å². The summed E-state index contributed by atoms with van der Waals surface area (Å²) in [7, 11) is 5.01. The average molecular weight is 285 g/mol. The number of benzene rings is 2. The van der Waals surface area contributed by atoms with Gasteiger partial charge in [0.05, 0.1) is 19.8 Å². The van der Waals surface area contributed by atoms with Gasteiger partial charge in [-0.05, 0) is 23.8 Å². The number of carbonyl (C=O) groups is 1. The predicted octanol–water partition coefficient (Wildman–Crippen LogP) is 3.12. The lowest BCUT2D eigenvalue weighted by atomic mass is 10.1. The van der Waals surface area contributed by atoms with Crippen molar-refractivity contribution in [3.63, 3.8) is 0 Å². The molecule has 0 amide bonds. The monoisotopic (exact) mass is 285 g/mol. The van der Waals surface area contributed by atoms with E-state index in [0.29, 0.717) is 12.1 Å². The molecule has 0 aromatic heterocycles. The maximum atomic E-state index is 11.8. The van der Waals surface area contributed by atoms with Crippen molar-refractivity contribution in [1.29, 1.82) is 0 Å². The summed E-state index contributed by atoms with van der Waals surface area (Å²) < 4.78 is 10.1. The first kappa shape index (κ1) is 14.9. The number of esters is 1. The summed E-state index contributed by atoms with van der Waals surface area (Å²) in [6.07, 6.45) is 0. The quantitative estimate of drug-likeness (QED) is 0.791. The Hall–Kier alpha value is -2.49. The van der Waals surface area contributed by atoms with Gasteiger partial charge >= 0.3 is 5.97 Å². The SMILES string of the molecule is COC(=O)c1ccccc1CN(C)c1cccc(OC)c1. The average Bonchev–Trinajstić information content (AvgIpc) is 2.54. The number of hydrogen-bond donors (Lipinski definition) is 0. The van der Waals surface area contributed by atoms with Crippen LogP contribution in [0, 0.1) is 0 Å². The van der Waals surface area contributed by atoms with Gasteiger partial charge in [0.1, 0.15) is 5.75 Å². The van der Waals surface area contributed by atoms with Crippen LogP contribution in [0.5, 0.6) is 5.75 Å². The third kappa shape index (κ3) is 3.54. The summed E-state index contributed by atoms with van der Waals surface area (Å²) >= 11 is 0. The van der Waals surface area contributed by atoms with Crippen LogP contribution in [0.4, 0.5) is 5.69 Å². The molecular formula is C17H19NO3. The van der Waals surface area contributed by atoms with Crippen LogP contribution in [0.1, 0.15) is 15.9 Å². The van der Waals surface area contributed by atoms with Crippen LogP contribution >= 0.6 is 0 Å². The number of carbonyl (C=O) groups excluding carboxylic acids is 1. The van der Waals surface area contributed by atoms with Crippen LogP contribution in [0.2, 0.25) is 0 Å². The first-order chi connectivity index (χ1) is 10.2. The highest BCUT2D eigenvalue weighted by molar-refractivity contribution is 5.91. The highest BCUT2D eigenvalue weighted by Crippen LogP contribution is 2.22. The van der Waals surface area contributed by atoms with Crippen molar-refractivity contribution in [3.8, 4) is 5.75 Å². The Balaban J connectivity index is 2.23. The van der Waals surface area contributed by atoms with Gasteiger partial charge < -0.3 is 14.4 Å². The molecule has 0 N–H and O–H groups in total. The lowest BCUT2D eigenvalue weighted by Crippen LogP contribution is -2.18. The van der Waals surface area contributed by atoms with Gasteiger partial charge in [-0.1, -0.05) is 24.3 Å². The van der Waals surface area contributed by atoms with E-state index in [4.69, 9.17) is 9.47 Å². The molecular weight excluding hydrogens is 266 g/mol. The lowest BCUT2D eigenvalue weighted by molar-refractivity contribution is 0.0599. The molecule has 0 saturated heterocycles. The fraction of sp³-hybridized carbons (Fsp3) is 0.235. The summed E-state index contributed by atoms with van der Waals surface area (Å²) in [6, 6.07) is 15.3. The maximum absolute atomic E-state index is 11.8. The van der Waals surface area contributed by atoms with Crippen LogP contribution in [0.25, 0.3) is 0 Å². The van der Waals surface area contributed by atoms with E-state index in [1.54, 1.807) is 13.2 Å². The van der Waals surface area contributed by atoms with Gasteiger partial charge in [-0.3, -0.25) is 0 Å². The molecule has 0 radical (unpaired) electrons. The number of hydrogen-bond acceptors (Lipinski definition) is 4. The molecule has 2 aromatic rings. The van der Waals surface area contributed by atoms with Gasteiger partial charge in [0.2, 0.25) is 0 Å². The predicted molar refractivity (Wildman–Crippen MR) is 82.9 cm³/mol. The van der Waals surface area contributed by atoms with E-state index in [1.165, 1.54) is 7.11 Å². The van der Waals surface area contributed by atoms with Crippen molar-refractivity contribution in [2.24, 2.45) is 0 Å². The summed E-state index contributed by atoms with van der Waals surface area (Å²) in [5.41, 5.74) is 2.54. The Bertz CT molecular complexity index is 625. The Morgan fingerprint density at radius 1 is 1.10 bits per heavy atom. The van der Waals surface area contributed by atoms with Crippen LogP contribution in [-0.4, -0.2) is 27.2 Å². The first-order valence-electron chi connectivity index (χ1n) is 6.67. The summed E-state index contributed by atoms with van der Waals surface area (Å²) in [4.78, 5) is 13.9. The van der Waals surface area contributed by atoms with E-state index >= 15 is 0 Å². The number of ether oxygens (including phenoxy) is 2. The second-order valence-corrected chi connectivity index (χ2v) is 4.71. The van der Waals surface area contributed by atoms with Crippen molar-refractivity contribution in [2.75, 3.05) is 26.2 Å². The molecule has 0 saturated carbocycles. The number of rotatable bonds is 5. The minimum atomic E-state index is -0.315. The molecule has 0 bridgehead atoms. The fourth-order valence-corrected chi connectivity index (χ4v) is 2.16. The standard InChI is InChI=1S/C17H19NO3/c1-18(14-8-6-9-15(11-14)20-2)12-13-7-4-5-10-16(13)17(19)21-3/h4-11H,12H2,1-3H3. The Morgan fingerprint density at radius 2 is 1.86 bits per heavy atom. The molecule has 0 aliphatic carbocycles. The van der Waals surface area contributed by atoms with Crippen molar-refractivity contribution in [1.82, 2.24) is 0 Å². The van der Waals surface area contributed by atoms with E-state index in [2.05, 4.69) is 4.90 Å². The van der Waals surface area contributed by atoms with E-state index in [9.17, 15) is 4.79 Å². The van der Waals surface area contributed by atoms with Gasteiger partial charge in [0, 0.05) is 25.3 Å². The smallest absolute Gasteiger partial charge is 0.338 e. The van der Waals surface area contributed by atoms with Gasteiger partial charge in [0.25, 0.3) is 0 Å². The Kier molecular flexibility index (Phi) is 4.82. The number of methoxy groups -OCH3 is 2. The summed E-state index contributed by atoms with van der Waals surface area (Å²) in [5, 5.41) is 0. The van der Waals surface area contributed by atoms with E-state index < -0.39 is 0 Å². The maximum Gasteiger partial charge on any atom is 0.338 e. The number of anilines is 1. The molecule has 0 aliphatic rings. The topological polar surface area (TPSA) is 38.8 Å². The molecule has 0 fully saturated rings. The van der Waals surface area contributed by atoms with Crippen molar-refractivity contribution < 1.29 is 14.3 Å². The normalized spacial score (nSPS) is 10.0. The van der Waals surface area contributed by atoms with Gasteiger partial charge in [0.15, 0.2) is 0 Å². The van der Waals surface area contributed by atoms with E-state index in [0.717, 1.165) is 17.0 Å². The minimum Gasteiger partial charge on any atom is -0.497 e. The van der Waals surface area contributed by atoms with Crippen molar-refractivity contribution >= 4 is 11.7 Å². The zero-order chi connectivity index (χ0) is 15.2. The second-order valence-electron chi connectivity index (χ2n) is 4.71. The third-order valence-electron chi connectivity index (χ3n) is 3.32. The molecule has 4 nitrogen and oxygen atoms in total. The van der Waals surface area contributed by atoms with Gasteiger partial charge in [-0.2, -0.15) is 0 Å². The largest absolute Gasteiger partial charge is 0.497 e. The zero-order valence-electron chi connectivity index (χ0n) is 12.5. The summed E-state index contributed by atoms with van der Waals surface area (Å²) in [5.74, 6) is 0.491. The molecule has 0 unspecified atom stereocenters. The molecule has 4 heteroatoms. The van der Waals surface area contributed by atoms with E-state index in [-0.39, 0.29) is 5.97 Å². The Morgan fingerprint density at radius 3 is 2.57 bits per heavy atom. The molecule has 0 heterocycles.